The van der Waals surface area contributed by atoms with Gasteiger partial charge in [-0.3, -0.25) is 9.69 Å². The van der Waals surface area contributed by atoms with Gasteiger partial charge in [-0.2, -0.15) is 0 Å². The quantitative estimate of drug-likeness (QED) is 0.239. The maximum Gasteiger partial charge on any atom is 0.373 e. The third-order valence-electron chi connectivity index (χ3n) is 4.35. The molecule has 1 aliphatic rings. The van der Waals surface area contributed by atoms with Gasteiger partial charge in [-0.1, -0.05) is 24.3 Å². The van der Waals surface area contributed by atoms with Crippen molar-refractivity contribution >= 4 is 51.5 Å². The normalized spacial score (nSPS) is 14.5. The average Bonchev–Trinajstić information content (AvgIpc) is 3.36. The molecule has 0 saturated carbocycles. The lowest BCUT2D eigenvalue weighted by Crippen LogP contribution is -2.30. The van der Waals surface area contributed by atoms with Gasteiger partial charge in [-0.05, 0) is 45.8 Å². The van der Waals surface area contributed by atoms with E-state index in [0.29, 0.717) is 21.5 Å². The Balaban J connectivity index is 1.87. The van der Waals surface area contributed by atoms with Crippen molar-refractivity contribution in [2.75, 3.05) is 20.8 Å². The Morgan fingerprint density at radius 1 is 1.34 bits per heavy atom. The van der Waals surface area contributed by atoms with Gasteiger partial charge in [0.05, 0.1) is 20.8 Å². The molecule has 32 heavy (non-hydrogen) atoms. The SMILES string of the molecule is C=CCOc1c(OC)cc(/C=C2\NC(=O)N(Cc3ccc(C(=O)OC)o3)C2=O)c(Br)c1Cl. The molecular formula is C21H18BrClN2O7. The minimum Gasteiger partial charge on any atom is -0.493 e. The van der Waals surface area contributed by atoms with Crippen molar-refractivity contribution in [1.29, 1.82) is 0 Å². The first-order chi connectivity index (χ1) is 15.3. The predicted octanol–water partition coefficient (Wildman–Crippen LogP) is 4.15. The molecule has 2 aromatic rings. The van der Waals surface area contributed by atoms with Crippen LogP contribution in [-0.2, 0) is 16.1 Å². The number of nitrogens with zero attached hydrogens (tertiary/aromatic N) is 1. The second kappa shape index (κ2) is 9.92. The zero-order valence-electron chi connectivity index (χ0n) is 17.1. The molecule has 168 valence electrons. The van der Waals surface area contributed by atoms with Crippen LogP contribution in [0, 0.1) is 0 Å². The van der Waals surface area contributed by atoms with Gasteiger partial charge in [0.2, 0.25) is 5.76 Å². The second-order valence-corrected chi connectivity index (χ2v) is 7.53. The lowest BCUT2D eigenvalue weighted by atomic mass is 10.1. The maximum atomic E-state index is 12.8. The van der Waals surface area contributed by atoms with Crippen LogP contribution < -0.4 is 14.8 Å². The molecule has 0 radical (unpaired) electrons. The van der Waals surface area contributed by atoms with Gasteiger partial charge in [0, 0.05) is 4.47 Å². The minimum absolute atomic E-state index is 0.0216. The lowest BCUT2D eigenvalue weighted by Gasteiger charge is -2.14. The van der Waals surface area contributed by atoms with E-state index < -0.39 is 17.9 Å². The Labute approximate surface area is 196 Å². The van der Waals surface area contributed by atoms with Crippen molar-refractivity contribution in [2.24, 2.45) is 0 Å². The highest BCUT2D eigenvalue weighted by Gasteiger charge is 2.34. The van der Waals surface area contributed by atoms with E-state index in [9.17, 15) is 14.4 Å². The van der Waals surface area contributed by atoms with Crippen molar-refractivity contribution < 1.29 is 33.0 Å². The van der Waals surface area contributed by atoms with E-state index in [-0.39, 0.29) is 35.4 Å². The van der Waals surface area contributed by atoms with E-state index in [2.05, 4.69) is 32.6 Å². The fourth-order valence-electron chi connectivity index (χ4n) is 2.84. The Bertz CT molecular complexity index is 1130. The molecule has 0 bridgehead atoms. The van der Waals surface area contributed by atoms with E-state index in [1.54, 1.807) is 12.1 Å². The first-order valence-corrected chi connectivity index (χ1v) is 10.3. The first-order valence-electron chi connectivity index (χ1n) is 9.12. The number of rotatable bonds is 8. The van der Waals surface area contributed by atoms with Crippen LogP contribution in [0.1, 0.15) is 21.9 Å². The molecule has 11 heteroatoms. The van der Waals surface area contributed by atoms with Gasteiger partial charge in [0.15, 0.2) is 11.5 Å². The van der Waals surface area contributed by atoms with Gasteiger partial charge >= 0.3 is 12.0 Å². The molecule has 9 nitrogen and oxygen atoms in total. The van der Waals surface area contributed by atoms with Crippen LogP contribution in [0.15, 0.2) is 45.4 Å². The molecule has 1 N–H and O–H groups in total. The topological polar surface area (TPSA) is 107 Å². The Morgan fingerprint density at radius 3 is 2.75 bits per heavy atom. The van der Waals surface area contributed by atoms with Gasteiger partial charge in [-0.15, -0.1) is 0 Å². The van der Waals surface area contributed by atoms with Crippen LogP contribution >= 0.6 is 27.5 Å². The van der Waals surface area contributed by atoms with Crippen LogP contribution in [-0.4, -0.2) is 43.6 Å². The number of hydrogen-bond acceptors (Lipinski definition) is 7. The Hall–Kier alpha value is -3.24. The largest absolute Gasteiger partial charge is 0.493 e. The second-order valence-electron chi connectivity index (χ2n) is 6.36. The highest BCUT2D eigenvalue weighted by molar-refractivity contribution is 9.10. The van der Waals surface area contributed by atoms with Crippen LogP contribution in [0.25, 0.3) is 6.08 Å². The number of ether oxygens (including phenoxy) is 3. The number of carbonyl (C=O) groups is 3. The maximum absolute atomic E-state index is 12.8. The number of amides is 3. The number of esters is 1. The number of imide groups is 1. The van der Waals surface area contributed by atoms with Crippen LogP contribution in [0.2, 0.25) is 5.02 Å². The van der Waals surface area contributed by atoms with Crippen molar-refractivity contribution in [2.45, 2.75) is 6.54 Å². The zero-order valence-corrected chi connectivity index (χ0v) is 19.4. The molecule has 0 atom stereocenters. The third kappa shape index (κ3) is 4.66. The summed E-state index contributed by atoms with van der Waals surface area (Å²) in [6, 6.07) is 3.85. The molecule has 1 saturated heterocycles. The van der Waals surface area contributed by atoms with E-state index in [0.717, 1.165) is 4.90 Å². The van der Waals surface area contributed by atoms with Gasteiger partial charge in [0.1, 0.15) is 23.1 Å². The molecule has 2 heterocycles. The number of urea groups is 1. The predicted molar refractivity (Wildman–Crippen MR) is 119 cm³/mol. The fourth-order valence-corrected chi connectivity index (χ4v) is 3.50. The third-order valence-corrected chi connectivity index (χ3v) is 5.79. The molecule has 0 aliphatic carbocycles. The number of methoxy groups -OCH3 is 2. The summed E-state index contributed by atoms with van der Waals surface area (Å²) < 4.78 is 21.2. The van der Waals surface area contributed by atoms with Gasteiger partial charge < -0.3 is 23.9 Å². The Kier molecular flexibility index (Phi) is 7.26. The minimum atomic E-state index is -0.662. The fraction of sp³-hybridized carbons (Fsp3) is 0.190. The van der Waals surface area contributed by atoms with Crippen LogP contribution in [0.3, 0.4) is 0 Å². The molecule has 3 amide bonds. The van der Waals surface area contributed by atoms with E-state index in [1.807, 2.05) is 0 Å². The summed E-state index contributed by atoms with van der Waals surface area (Å²) >= 11 is 9.78. The smallest absolute Gasteiger partial charge is 0.373 e. The molecular weight excluding hydrogens is 508 g/mol. The number of nitrogens with one attached hydrogen (secondary N) is 1. The number of carbonyl (C=O) groups excluding carboxylic acids is 3. The highest BCUT2D eigenvalue weighted by Crippen LogP contribution is 2.43. The molecule has 1 aliphatic heterocycles. The average molecular weight is 526 g/mol. The number of furan rings is 1. The van der Waals surface area contributed by atoms with E-state index in [4.69, 9.17) is 25.5 Å². The summed E-state index contributed by atoms with van der Waals surface area (Å²) in [5, 5.41) is 2.75. The summed E-state index contributed by atoms with van der Waals surface area (Å²) in [6.45, 7) is 3.65. The van der Waals surface area contributed by atoms with E-state index in [1.165, 1.54) is 32.4 Å². The molecule has 1 aromatic carbocycles. The molecule has 0 unspecified atom stereocenters. The molecule has 0 spiro atoms. The van der Waals surface area contributed by atoms with Crippen molar-refractivity contribution in [3.8, 4) is 11.5 Å². The van der Waals surface area contributed by atoms with Crippen molar-refractivity contribution in [3.05, 3.63) is 63.1 Å². The Morgan fingerprint density at radius 2 is 2.09 bits per heavy atom. The van der Waals surface area contributed by atoms with Gasteiger partial charge in [-0.25, -0.2) is 9.59 Å². The molecule has 1 fully saturated rings. The number of halogens is 2. The standard InChI is InChI=1S/C21H18BrClN2O7/c1-4-7-31-18-15(29-2)9-11(16(22)17(18)23)8-13-19(26)25(21(28)24-13)10-12-5-6-14(32-12)20(27)30-3/h4-6,8-9H,1,7,10H2,2-3H3,(H,24,28)/b13-8-. The highest BCUT2D eigenvalue weighted by atomic mass is 79.9. The van der Waals surface area contributed by atoms with Crippen LogP contribution in [0.4, 0.5) is 4.79 Å². The summed E-state index contributed by atoms with van der Waals surface area (Å²) in [7, 11) is 2.67. The van der Waals surface area contributed by atoms with Gasteiger partial charge in [0.25, 0.3) is 5.91 Å². The number of benzene rings is 1. The number of hydrogen-bond donors (Lipinski definition) is 1. The summed E-state index contributed by atoms with van der Waals surface area (Å²) in [5.74, 6) is -0.387. The molecule has 3 rings (SSSR count). The van der Waals surface area contributed by atoms with Crippen LogP contribution in [0.5, 0.6) is 11.5 Å². The first kappa shape index (κ1) is 23.4. The van der Waals surface area contributed by atoms with Crippen molar-refractivity contribution in [3.63, 3.8) is 0 Å². The molecule has 1 aromatic heterocycles. The zero-order chi connectivity index (χ0) is 23.4. The summed E-state index contributed by atoms with van der Waals surface area (Å²) in [5.41, 5.74) is 0.502. The lowest BCUT2D eigenvalue weighted by molar-refractivity contribution is -0.123. The summed E-state index contributed by atoms with van der Waals surface area (Å²) in [6.07, 6.45) is 3.02. The van der Waals surface area contributed by atoms with E-state index >= 15 is 0 Å². The van der Waals surface area contributed by atoms with Crippen molar-refractivity contribution in [1.82, 2.24) is 10.2 Å². The summed E-state index contributed by atoms with van der Waals surface area (Å²) in [4.78, 5) is 37.6. The monoisotopic (exact) mass is 524 g/mol.